The van der Waals surface area contributed by atoms with E-state index >= 15 is 0 Å². The van der Waals surface area contributed by atoms with E-state index in [2.05, 4.69) is 72.3 Å². The molecular weight excluding hydrogens is 314 g/mol. The first-order chi connectivity index (χ1) is 9.51. The molecule has 2 aromatic rings. The molecule has 1 N–H and O–H groups in total. The van der Waals surface area contributed by atoms with Gasteiger partial charge in [0, 0.05) is 11.7 Å². The molecule has 0 fully saturated rings. The first kappa shape index (κ1) is 14.9. The maximum atomic E-state index is 5.27. The zero-order valence-electron chi connectivity index (χ0n) is 12.3. The molecule has 0 heterocycles. The molecule has 2 nitrogen and oxygen atoms in total. The Hall–Kier alpha value is -1.48. The van der Waals surface area contributed by atoms with Crippen LogP contribution >= 0.6 is 15.9 Å². The largest absolute Gasteiger partial charge is 0.496 e. The van der Waals surface area contributed by atoms with E-state index in [0.717, 1.165) is 10.2 Å². The van der Waals surface area contributed by atoms with Crippen LogP contribution in [-0.2, 0) is 0 Å². The number of methoxy groups -OCH3 is 1. The Morgan fingerprint density at radius 2 is 1.85 bits per heavy atom. The lowest BCUT2D eigenvalue weighted by atomic mass is 10.1. The highest BCUT2D eigenvalue weighted by Gasteiger charge is 2.09. The highest BCUT2D eigenvalue weighted by Crippen LogP contribution is 2.30. The fourth-order valence-corrected chi connectivity index (χ4v) is 2.72. The summed E-state index contributed by atoms with van der Waals surface area (Å²) in [4.78, 5) is 0. The number of aryl methyl sites for hydroxylation is 2. The Balaban J connectivity index is 2.21. The van der Waals surface area contributed by atoms with Crippen LogP contribution < -0.4 is 10.1 Å². The van der Waals surface area contributed by atoms with Gasteiger partial charge in [0.05, 0.1) is 11.6 Å². The van der Waals surface area contributed by atoms with Crippen LogP contribution in [-0.4, -0.2) is 7.11 Å². The second kappa shape index (κ2) is 6.31. The van der Waals surface area contributed by atoms with Gasteiger partial charge in [-0.15, -0.1) is 0 Å². The number of hydrogen-bond acceptors (Lipinski definition) is 2. The van der Waals surface area contributed by atoms with Crippen molar-refractivity contribution in [3.05, 3.63) is 57.6 Å². The quantitative estimate of drug-likeness (QED) is 0.825. The lowest BCUT2D eigenvalue weighted by Gasteiger charge is -2.19. The fraction of sp³-hybridized carbons (Fsp3) is 0.294. The molecule has 0 saturated carbocycles. The summed E-state index contributed by atoms with van der Waals surface area (Å²) < 4.78 is 6.24. The minimum Gasteiger partial charge on any atom is -0.496 e. The van der Waals surface area contributed by atoms with Gasteiger partial charge in [0.15, 0.2) is 0 Å². The molecule has 0 aliphatic heterocycles. The van der Waals surface area contributed by atoms with Crippen molar-refractivity contribution in [2.24, 2.45) is 0 Å². The first-order valence-corrected chi connectivity index (χ1v) is 7.48. The lowest BCUT2D eigenvalue weighted by Crippen LogP contribution is -2.08. The maximum absolute atomic E-state index is 5.27. The summed E-state index contributed by atoms with van der Waals surface area (Å²) in [7, 11) is 1.68. The fourth-order valence-electron chi connectivity index (χ4n) is 2.16. The van der Waals surface area contributed by atoms with Crippen molar-refractivity contribution in [1.29, 1.82) is 0 Å². The summed E-state index contributed by atoms with van der Waals surface area (Å²) in [5.41, 5.74) is 4.93. The number of ether oxygens (including phenoxy) is 1. The second-order valence-corrected chi connectivity index (χ2v) is 5.93. The number of rotatable bonds is 4. The minimum absolute atomic E-state index is 0.234. The summed E-state index contributed by atoms with van der Waals surface area (Å²) in [5, 5.41) is 3.57. The number of benzene rings is 2. The van der Waals surface area contributed by atoms with E-state index in [9.17, 15) is 0 Å². The van der Waals surface area contributed by atoms with Gasteiger partial charge in [-0.2, -0.15) is 0 Å². The molecule has 0 aliphatic carbocycles. The normalized spacial score (nSPS) is 12.1. The lowest BCUT2D eigenvalue weighted by molar-refractivity contribution is 0.412. The molecule has 106 valence electrons. The minimum atomic E-state index is 0.234. The topological polar surface area (TPSA) is 21.3 Å². The SMILES string of the molecule is COc1ccc(C(C)Nc2cc(C)ccc2C)cc1Br. The van der Waals surface area contributed by atoms with E-state index < -0.39 is 0 Å². The van der Waals surface area contributed by atoms with Gasteiger partial charge in [-0.25, -0.2) is 0 Å². The summed E-state index contributed by atoms with van der Waals surface area (Å²) in [6.45, 7) is 6.40. The van der Waals surface area contributed by atoms with Gasteiger partial charge in [-0.1, -0.05) is 18.2 Å². The average molecular weight is 334 g/mol. The Morgan fingerprint density at radius 3 is 2.50 bits per heavy atom. The van der Waals surface area contributed by atoms with Crippen molar-refractivity contribution in [3.8, 4) is 5.75 Å². The third-order valence-electron chi connectivity index (χ3n) is 3.44. The summed E-state index contributed by atoms with van der Waals surface area (Å²) in [6, 6.07) is 12.9. The molecule has 0 bridgehead atoms. The molecule has 0 saturated heterocycles. The van der Waals surface area contributed by atoms with Gasteiger partial charge in [-0.05, 0) is 71.6 Å². The van der Waals surface area contributed by atoms with Crippen LogP contribution in [0.1, 0.15) is 29.7 Å². The number of anilines is 1. The van der Waals surface area contributed by atoms with Gasteiger partial charge < -0.3 is 10.1 Å². The Labute approximate surface area is 129 Å². The standard InChI is InChI=1S/C17H20BrNO/c1-11-5-6-12(2)16(9-11)19-13(3)14-7-8-17(20-4)15(18)10-14/h5-10,13,19H,1-4H3. The smallest absolute Gasteiger partial charge is 0.133 e. The van der Waals surface area contributed by atoms with Crippen molar-refractivity contribution in [2.45, 2.75) is 26.8 Å². The molecule has 1 atom stereocenters. The molecule has 0 amide bonds. The maximum Gasteiger partial charge on any atom is 0.133 e. The molecule has 0 aromatic heterocycles. The summed E-state index contributed by atoms with van der Waals surface area (Å²) >= 11 is 3.53. The van der Waals surface area contributed by atoms with Crippen molar-refractivity contribution >= 4 is 21.6 Å². The van der Waals surface area contributed by atoms with Crippen molar-refractivity contribution in [3.63, 3.8) is 0 Å². The second-order valence-electron chi connectivity index (χ2n) is 5.08. The molecule has 2 aromatic carbocycles. The number of nitrogens with one attached hydrogen (secondary N) is 1. The van der Waals surface area contributed by atoms with Gasteiger partial charge in [0.2, 0.25) is 0 Å². The van der Waals surface area contributed by atoms with Crippen molar-refractivity contribution in [2.75, 3.05) is 12.4 Å². The van der Waals surface area contributed by atoms with E-state index in [1.54, 1.807) is 7.11 Å². The summed E-state index contributed by atoms with van der Waals surface area (Å²) in [5.74, 6) is 0.854. The van der Waals surface area contributed by atoms with E-state index in [1.165, 1.54) is 22.4 Å². The number of hydrogen-bond donors (Lipinski definition) is 1. The van der Waals surface area contributed by atoms with Gasteiger partial charge in [0.1, 0.15) is 5.75 Å². The van der Waals surface area contributed by atoms with Gasteiger partial charge >= 0.3 is 0 Å². The van der Waals surface area contributed by atoms with E-state index in [-0.39, 0.29) is 6.04 Å². The van der Waals surface area contributed by atoms with E-state index in [4.69, 9.17) is 4.74 Å². The molecule has 1 unspecified atom stereocenters. The predicted molar refractivity (Wildman–Crippen MR) is 88.6 cm³/mol. The van der Waals surface area contributed by atoms with Crippen LogP contribution in [0.2, 0.25) is 0 Å². The van der Waals surface area contributed by atoms with Crippen LogP contribution in [0, 0.1) is 13.8 Å². The van der Waals surface area contributed by atoms with Crippen molar-refractivity contribution in [1.82, 2.24) is 0 Å². The van der Waals surface area contributed by atoms with Crippen molar-refractivity contribution < 1.29 is 4.74 Å². The van der Waals surface area contributed by atoms with E-state index in [0.29, 0.717) is 0 Å². The molecule has 20 heavy (non-hydrogen) atoms. The predicted octanol–water partition coefficient (Wildman–Crippen LogP) is 5.25. The van der Waals surface area contributed by atoms with Crippen LogP contribution in [0.15, 0.2) is 40.9 Å². The molecule has 0 spiro atoms. The van der Waals surface area contributed by atoms with Crippen LogP contribution in [0.4, 0.5) is 5.69 Å². The third kappa shape index (κ3) is 3.34. The molecule has 0 aliphatic rings. The molecule has 3 heteroatoms. The molecular formula is C17H20BrNO. The van der Waals surface area contributed by atoms with Crippen LogP contribution in [0.5, 0.6) is 5.75 Å². The van der Waals surface area contributed by atoms with Gasteiger partial charge in [0.25, 0.3) is 0 Å². The van der Waals surface area contributed by atoms with E-state index in [1.807, 2.05) is 6.07 Å². The van der Waals surface area contributed by atoms with Crippen LogP contribution in [0.3, 0.4) is 0 Å². The highest BCUT2D eigenvalue weighted by molar-refractivity contribution is 9.10. The zero-order valence-corrected chi connectivity index (χ0v) is 13.9. The Bertz CT molecular complexity index is 610. The highest BCUT2D eigenvalue weighted by atomic mass is 79.9. The molecule has 2 rings (SSSR count). The average Bonchev–Trinajstić information content (AvgIpc) is 2.42. The third-order valence-corrected chi connectivity index (χ3v) is 4.06. The van der Waals surface area contributed by atoms with Gasteiger partial charge in [-0.3, -0.25) is 0 Å². The Morgan fingerprint density at radius 1 is 1.10 bits per heavy atom. The van der Waals surface area contributed by atoms with Crippen LogP contribution in [0.25, 0.3) is 0 Å². The zero-order chi connectivity index (χ0) is 14.7. The Kier molecular flexibility index (Phi) is 4.71. The monoisotopic (exact) mass is 333 g/mol. The summed E-state index contributed by atoms with van der Waals surface area (Å²) in [6.07, 6.45) is 0. The number of halogens is 1. The molecule has 0 radical (unpaired) electrons. The first-order valence-electron chi connectivity index (χ1n) is 6.68.